The van der Waals surface area contributed by atoms with Gasteiger partial charge in [-0.3, -0.25) is 4.79 Å². The number of hydrogen-bond donors (Lipinski definition) is 1. The first-order valence-corrected chi connectivity index (χ1v) is 8.71. The fourth-order valence-corrected chi connectivity index (χ4v) is 4.11. The van der Waals surface area contributed by atoms with Crippen molar-refractivity contribution in [3.05, 3.63) is 35.9 Å². The van der Waals surface area contributed by atoms with Gasteiger partial charge in [0.1, 0.15) is 0 Å². The molecule has 0 radical (unpaired) electrons. The van der Waals surface area contributed by atoms with Crippen molar-refractivity contribution in [2.45, 2.75) is 32.6 Å². The molecule has 22 heavy (non-hydrogen) atoms. The van der Waals surface area contributed by atoms with Crippen molar-refractivity contribution in [2.24, 2.45) is 17.8 Å². The molecule has 120 valence electrons. The van der Waals surface area contributed by atoms with E-state index in [1.165, 1.54) is 0 Å². The van der Waals surface area contributed by atoms with Gasteiger partial charge < -0.3 is 10.2 Å². The van der Waals surface area contributed by atoms with Crippen LogP contribution < -0.4 is 5.32 Å². The highest BCUT2D eigenvalue weighted by Gasteiger charge is 2.34. The topological polar surface area (TPSA) is 32.3 Å². The first-order chi connectivity index (χ1) is 10.7. The Hall–Kier alpha value is -1.35. The molecule has 0 aliphatic carbocycles. The molecule has 2 aliphatic rings. The molecule has 0 bridgehead atoms. The molecule has 1 N–H and O–H groups in total. The van der Waals surface area contributed by atoms with Gasteiger partial charge in [-0.1, -0.05) is 44.2 Å². The number of carbonyl (C=O) groups is 1. The minimum absolute atomic E-state index is 0.00253. The third-order valence-electron chi connectivity index (χ3n) is 5.42. The first-order valence-electron chi connectivity index (χ1n) is 8.71. The fourth-order valence-electron chi connectivity index (χ4n) is 4.11. The molecule has 0 aromatic heterocycles. The molecule has 3 heteroatoms. The molecule has 3 rings (SSSR count). The Balaban J connectivity index is 1.73. The van der Waals surface area contributed by atoms with Crippen LogP contribution in [0.5, 0.6) is 0 Å². The number of likely N-dealkylation sites (tertiary alicyclic amines) is 1. The summed E-state index contributed by atoms with van der Waals surface area (Å²) in [5.74, 6) is 2.20. The summed E-state index contributed by atoms with van der Waals surface area (Å²) in [6.07, 6.45) is 2.31. The monoisotopic (exact) mass is 300 g/mol. The summed E-state index contributed by atoms with van der Waals surface area (Å²) in [6.45, 7) is 8.45. The number of fused-ring (bicyclic) bond motifs is 1. The summed E-state index contributed by atoms with van der Waals surface area (Å²) < 4.78 is 0. The van der Waals surface area contributed by atoms with Crippen LogP contribution >= 0.6 is 0 Å². The van der Waals surface area contributed by atoms with Crippen molar-refractivity contribution >= 4 is 5.91 Å². The van der Waals surface area contributed by atoms with Gasteiger partial charge in [0.05, 0.1) is 5.92 Å². The molecule has 3 nitrogen and oxygen atoms in total. The molecule has 2 saturated heterocycles. The molecular weight excluding hydrogens is 272 g/mol. The average Bonchev–Trinajstić information content (AvgIpc) is 2.86. The lowest BCUT2D eigenvalue weighted by Crippen LogP contribution is -2.38. The van der Waals surface area contributed by atoms with Gasteiger partial charge in [0, 0.05) is 13.1 Å². The molecule has 0 saturated carbocycles. The van der Waals surface area contributed by atoms with E-state index in [4.69, 9.17) is 0 Å². The highest BCUT2D eigenvalue weighted by molar-refractivity contribution is 5.84. The van der Waals surface area contributed by atoms with E-state index in [0.717, 1.165) is 56.4 Å². The molecule has 2 heterocycles. The standard InChI is InChI=1S/C19H28N2O/c1-14(2)18(15-6-4-3-5-7-15)19(22)21-10-8-16-12-20-13-17(16)9-11-21/h3-7,14,16-18,20H,8-13H2,1-2H3/t16-,17+,18?. The smallest absolute Gasteiger partial charge is 0.230 e. The molecule has 3 atom stereocenters. The maximum atomic E-state index is 13.1. The van der Waals surface area contributed by atoms with Crippen LogP contribution in [-0.2, 0) is 4.79 Å². The second kappa shape index (κ2) is 6.82. The molecule has 2 aliphatic heterocycles. The number of rotatable bonds is 3. The summed E-state index contributed by atoms with van der Waals surface area (Å²) in [4.78, 5) is 15.3. The zero-order valence-corrected chi connectivity index (χ0v) is 13.8. The van der Waals surface area contributed by atoms with E-state index in [2.05, 4.69) is 36.2 Å². The summed E-state index contributed by atoms with van der Waals surface area (Å²) in [5.41, 5.74) is 1.16. The molecule has 1 unspecified atom stereocenters. The number of carbonyl (C=O) groups excluding carboxylic acids is 1. The third kappa shape index (κ3) is 3.19. The Morgan fingerprint density at radius 1 is 1.09 bits per heavy atom. The maximum absolute atomic E-state index is 13.1. The van der Waals surface area contributed by atoms with E-state index in [-0.39, 0.29) is 5.92 Å². The zero-order chi connectivity index (χ0) is 15.5. The number of nitrogens with one attached hydrogen (secondary N) is 1. The highest BCUT2D eigenvalue weighted by atomic mass is 16.2. The van der Waals surface area contributed by atoms with Crippen LogP contribution in [0.1, 0.15) is 38.2 Å². The zero-order valence-electron chi connectivity index (χ0n) is 13.8. The van der Waals surface area contributed by atoms with E-state index in [0.29, 0.717) is 11.8 Å². The third-order valence-corrected chi connectivity index (χ3v) is 5.42. The van der Waals surface area contributed by atoms with Gasteiger partial charge in [0.2, 0.25) is 5.91 Å². The van der Waals surface area contributed by atoms with Crippen LogP contribution in [0.4, 0.5) is 0 Å². The SMILES string of the molecule is CC(C)C(C(=O)N1CC[C@@H]2CNC[C@@H]2CC1)c1ccccc1. The Labute approximate surface area is 134 Å². The van der Waals surface area contributed by atoms with E-state index < -0.39 is 0 Å². The Morgan fingerprint density at radius 2 is 1.68 bits per heavy atom. The van der Waals surface area contributed by atoms with Gasteiger partial charge in [-0.25, -0.2) is 0 Å². The second-order valence-electron chi connectivity index (χ2n) is 7.21. The van der Waals surface area contributed by atoms with Gasteiger partial charge in [-0.2, -0.15) is 0 Å². The number of nitrogens with zero attached hydrogens (tertiary/aromatic N) is 1. The second-order valence-corrected chi connectivity index (χ2v) is 7.21. The van der Waals surface area contributed by atoms with Gasteiger partial charge >= 0.3 is 0 Å². The van der Waals surface area contributed by atoms with Crippen molar-refractivity contribution in [3.63, 3.8) is 0 Å². The quantitative estimate of drug-likeness (QED) is 0.931. The fraction of sp³-hybridized carbons (Fsp3) is 0.632. The Bertz CT molecular complexity index is 485. The minimum Gasteiger partial charge on any atom is -0.342 e. The average molecular weight is 300 g/mol. The van der Waals surface area contributed by atoms with E-state index in [9.17, 15) is 4.79 Å². The number of benzene rings is 1. The predicted molar refractivity (Wildman–Crippen MR) is 89.7 cm³/mol. The van der Waals surface area contributed by atoms with Crippen LogP contribution in [-0.4, -0.2) is 37.0 Å². The van der Waals surface area contributed by atoms with Gasteiger partial charge in [-0.15, -0.1) is 0 Å². The summed E-state index contributed by atoms with van der Waals surface area (Å²) >= 11 is 0. The van der Waals surface area contributed by atoms with Gasteiger partial charge in [0.25, 0.3) is 0 Å². The molecular formula is C19H28N2O. The van der Waals surface area contributed by atoms with E-state index in [1.54, 1.807) is 0 Å². The first kappa shape index (κ1) is 15.5. The van der Waals surface area contributed by atoms with Crippen LogP contribution in [0, 0.1) is 17.8 Å². The lowest BCUT2D eigenvalue weighted by atomic mass is 9.87. The van der Waals surface area contributed by atoms with Crippen LogP contribution in [0.15, 0.2) is 30.3 Å². The Kier molecular flexibility index (Phi) is 4.82. The van der Waals surface area contributed by atoms with Crippen LogP contribution in [0.3, 0.4) is 0 Å². The van der Waals surface area contributed by atoms with Crippen molar-refractivity contribution in [3.8, 4) is 0 Å². The predicted octanol–water partition coefficient (Wildman–Crippen LogP) is 2.88. The summed E-state index contributed by atoms with van der Waals surface area (Å²) in [7, 11) is 0. The lowest BCUT2D eigenvalue weighted by Gasteiger charge is -2.29. The molecule has 0 spiro atoms. The van der Waals surface area contributed by atoms with Crippen LogP contribution in [0.2, 0.25) is 0 Å². The molecule has 2 fully saturated rings. The van der Waals surface area contributed by atoms with Crippen molar-refractivity contribution in [1.82, 2.24) is 10.2 Å². The highest BCUT2D eigenvalue weighted by Crippen LogP contribution is 2.31. The number of amides is 1. The number of hydrogen-bond acceptors (Lipinski definition) is 2. The summed E-state index contributed by atoms with van der Waals surface area (Å²) in [6, 6.07) is 10.3. The minimum atomic E-state index is -0.00253. The van der Waals surface area contributed by atoms with Crippen molar-refractivity contribution in [2.75, 3.05) is 26.2 Å². The van der Waals surface area contributed by atoms with Gasteiger partial charge in [-0.05, 0) is 49.2 Å². The normalized spacial score (nSPS) is 26.6. The van der Waals surface area contributed by atoms with Crippen LogP contribution in [0.25, 0.3) is 0 Å². The summed E-state index contributed by atoms with van der Waals surface area (Å²) in [5, 5.41) is 3.50. The van der Waals surface area contributed by atoms with Gasteiger partial charge in [0.15, 0.2) is 0 Å². The van der Waals surface area contributed by atoms with Crippen molar-refractivity contribution in [1.29, 1.82) is 0 Å². The van der Waals surface area contributed by atoms with E-state index in [1.807, 2.05) is 18.2 Å². The Morgan fingerprint density at radius 3 is 2.23 bits per heavy atom. The molecule has 1 amide bonds. The lowest BCUT2D eigenvalue weighted by molar-refractivity contribution is -0.133. The molecule has 1 aromatic rings. The van der Waals surface area contributed by atoms with E-state index >= 15 is 0 Å². The van der Waals surface area contributed by atoms with Crippen molar-refractivity contribution < 1.29 is 4.79 Å². The molecule has 1 aromatic carbocycles. The maximum Gasteiger partial charge on any atom is 0.230 e. The largest absolute Gasteiger partial charge is 0.342 e.